The van der Waals surface area contributed by atoms with E-state index in [1.54, 1.807) is 13.0 Å². The van der Waals surface area contributed by atoms with Gasteiger partial charge in [0, 0.05) is 0 Å². The van der Waals surface area contributed by atoms with Crippen molar-refractivity contribution in [2.24, 2.45) is 0 Å². The molecule has 0 heterocycles. The molecule has 0 amide bonds. The van der Waals surface area contributed by atoms with Crippen LogP contribution in [0.5, 0.6) is 5.75 Å². The van der Waals surface area contributed by atoms with Crippen molar-refractivity contribution < 1.29 is 17.5 Å². The van der Waals surface area contributed by atoms with Gasteiger partial charge in [-0.3, -0.25) is 4.72 Å². The Hall–Kier alpha value is -2.28. The fourth-order valence-corrected chi connectivity index (χ4v) is 2.97. The molecule has 0 aliphatic carbocycles. The minimum Gasteiger partial charge on any atom is -0.496 e. The van der Waals surface area contributed by atoms with Crippen LogP contribution in [0.15, 0.2) is 41.3 Å². The average Bonchev–Trinajstić information content (AvgIpc) is 2.42. The molecule has 2 rings (SSSR count). The lowest BCUT2D eigenvalue weighted by Gasteiger charge is -2.11. The van der Waals surface area contributed by atoms with Gasteiger partial charge in [-0.1, -0.05) is 0 Å². The number of aryl methyl sites for hydroxylation is 1. The van der Waals surface area contributed by atoms with E-state index in [1.807, 2.05) is 0 Å². The first-order valence-electron chi connectivity index (χ1n) is 6.06. The molecule has 0 saturated heterocycles. The average molecular weight is 310 g/mol. The van der Waals surface area contributed by atoms with Crippen LogP contribution in [-0.4, -0.2) is 15.5 Å². The Morgan fingerprint density at radius 2 is 1.90 bits per heavy atom. The van der Waals surface area contributed by atoms with Crippen molar-refractivity contribution in [3.8, 4) is 5.75 Å². The molecule has 0 aliphatic rings. The number of anilines is 2. The Morgan fingerprint density at radius 1 is 1.19 bits per heavy atom. The molecule has 0 radical (unpaired) electrons. The standard InChI is InChI=1S/C14H15FN2O3S/c1-9-7-11(4-6-14(9)20-2)21(18,19)17-10-3-5-12(15)13(16)8-10/h3-8,17H,16H2,1-2H3. The first-order valence-corrected chi connectivity index (χ1v) is 7.54. The van der Waals surface area contributed by atoms with E-state index in [0.717, 1.165) is 6.07 Å². The lowest BCUT2D eigenvalue weighted by Crippen LogP contribution is -2.13. The number of halogens is 1. The Labute approximate surface area is 122 Å². The number of ether oxygens (including phenoxy) is 1. The molecule has 7 heteroatoms. The number of rotatable bonds is 4. The predicted molar refractivity (Wildman–Crippen MR) is 79.4 cm³/mol. The SMILES string of the molecule is COc1ccc(S(=O)(=O)Nc2ccc(F)c(N)c2)cc1C. The van der Waals surface area contributed by atoms with E-state index in [2.05, 4.69) is 4.72 Å². The smallest absolute Gasteiger partial charge is 0.261 e. The molecule has 0 fully saturated rings. The number of nitrogens with one attached hydrogen (secondary N) is 1. The van der Waals surface area contributed by atoms with Crippen molar-refractivity contribution in [1.82, 2.24) is 0 Å². The van der Waals surface area contributed by atoms with E-state index in [9.17, 15) is 12.8 Å². The molecule has 2 aromatic rings. The molecule has 5 nitrogen and oxygen atoms in total. The maximum absolute atomic E-state index is 13.1. The van der Waals surface area contributed by atoms with E-state index < -0.39 is 15.8 Å². The predicted octanol–water partition coefficient (Wildman–Crippen LogP) is 2.53. The van der Waals surface area contributed by atoms with Crippen LogP contribution in [0, 0.1) is 12.7 Å². The van der Waals surface area contributed by atoms with Gasteiger partial charge in [0.15, 0.2) is 0 Å². The van der Waals surface area contributed by atoms with Gasteiger partial charge in [0.1, 0.15) is 11.6 Å². The summed E-state index contributed by atoms with van der Waals surface area (Å²) in [5.74, 6) is -0.00165. The zero-order chi connectivity index (χ0) is 15.6. The molecule has 0 aromatic heterocycles. The Morgan fingerprint density at radius 3 is 2.48 bits per heavy atom. The number of sulfonamides is 1. The monoisotopic (exact) mass is 310 g/mol. The second kappa shape index (κ2) is 5.61. The van der Waals surface area contributed by atoms with Crippen LogP contribution in [-0.2, 0) is 10.0 Å². The van der Waals surface area contributed by atoms with Gasteiger partial charge in [-0.2, -0.15) is 0 Å². The van der Waals surface area contributed by atoms with Crippen molar-refractivity contribution in [3.63, 3.8) is 0 Å². The van der Waals surface area contributed by atoms with Gasteiger partial charge in [0.2, 0.25) is 0 Å². The summed E-state index contributed by atoms with van der Waals surface area (Å²) in [7, 11) is -2.26. The van der Waals surface area contributed by atoms with Crippen molar-refractivity contribution >= 4 is 21.4 Å². The largest absolute Gasteiger partial charge is 0.496 e. The normalized spacial score (nSPS) is 11.2. The van der Waals surface area contributed by atoms with Crippen LogP contribution in [0.25, 0.3) is 0 Å². The summed E-state index contributed by atoms with van der Waals surface area (Å²) in [6.45, 7) is 1.74. The minimum atomic E-state index is -3.77. The highest BCUT2D eigenvalue weighted by atomic mass is 32.2. The summed E-state index contributed by atoms with van der Waals surface area (Å²) in [5.41, 5.74) is 6.18. The zero-order valence-corrected chi connectivity index (χ0v) is 12.4. The third-order valence-corrected chi connectivity index (χ3v) is 4.30. The van der Waals surface area contributed by atoms with Crippen LogP contribution < -0.4 is 15.2 Å². The van der Waals surface area contributed by atoms with Crippen molar-refractivity contribution in [2.75, 3.05) is 17.6 Å². The van der Waals surface area contributed by atoms with Crippen LogP contribution in [0.3, 0.4) is 0 Å². The van der Waals surface area contributed by atoms with Gasteiger partial charge in [0.25, 0.3) is 10.0 Å². The van der Waals surface area contributed by atoms with Gasteiger partial charge >= 0.3 is 0 Å². The molecule has 0 aliphatic heterocycles. The number of benzene rings is 2. The number of hydrogen-bond donors (Lipinski definition) is 2. The number of hydrogen-bond acceptors (Lipinski definition) is 4. The molecule has 0 spiro atoms. The Bertz CT molecular complexity index is 776. The van der Waals surface area contributed by atoms with Gasteiger partial charge in [-0.25, -0.2) is 12.8 Å². The quantitative estimate of drug-likeness (QED) is 0.850. The van der Waals surface area contributed by atoms with Crippen LogP contribution >= 0.6 is 0 Å². The Balaban J connectivity index is 2.33. The van der Waals surface area contributed by atoms with Crippen LogP contribution in [0.4, 0.5) is 15.8 Å². The van der Waals surface area contributed by atoms with Crippen molar-refractivity contribution in [2.45, 2.75) is 11.8 Å². The lowest BCUT2D eigenvalue weighted by atomic mass is 10.2. The van der Waals surface area contributed by atoms with E-state index >= 15 is 0 Å². The second-order valence-electron chi connectivity index (χ2n) is 4.47. The summed E-state index contributed by atoms with van der Waals surface area (Å²) in [6.07, 6.45) is 0. The zero-order valence-electron chi connectivity index (χ0n) is 11.6. The van der Waals surface area contributed by atoms with Crippen molar-refractivity contribution in [1.29, 1.82) is 0 Å². The van der Waals surface area contributed by atoms with Crippen LogP contribution in [0.2, 0.25) is 0 Å². The van der Waals surface area contributed by atoms with Crippen molar-refractivity contribution in [3.05, 3.63) is 47.8 Å². The molecule has 112 valence electrons. The van der Waals surface area contributed by atoms with Gasteiger partial charge < -0.3 is 10.5 Å². The first kappa shape index (κ1) is 15.1. The molecule has 3 N–H and O–H groups in total. The highest BCUT2D eigenvalue weighted by molar-refractivity contribution is 7.92. The molecule has 0 saturated carbocycles. The fraction of sp³-hybridized carbons (Fsp3) is 0.143. The molecule has 0 unspecified atom stereocenters. The second-order valence-corrected chi connectivity index (χ2v) is 6.16. The highest BCUT2D eigenvalue weighted by Crippen LogP contribution is 2.24. The van der Waals surface area contributed by atoms with E-state index in [4.69, 9.17) is 10.5 Å². The topological polar surface area (TPSA) is 81.4 Å². The summed E-state index contributed by atoms with van der Waals surface area (Å²) in [6, 6.07) is 8.13. The van der Waals surface area contributed by atoms with Gasteiger partial charge in [-0.15, -0.1) is 0 Å². The Kier molecular flexibility index (Phi) is 4.04. The van der Waals surface area contributed by atoms with E-state index in [0.29, 0.717) is 11.3 Å². The molecule has 0 bridgehead atoms. The van der Waals surface area contributed by atoms with Gasteiger partial charge in [-0.05, 0) is 48.9 Å². The summed E-state index contributed by atoms with van der Waals surface area (Å²) >= 11 is 0. The number of methoxy groups -OCH3 is 1. The summed E-state index contributed by atoms with van der Waals surface area (Å²) < 4.78 is 45.0. The third-order valence-electron chi connectivity index (χ3n) is 2.92. The van der Waals surface area contributed by atoms with Crippen LogP contribution in [0.1, 0.15) is 5.56 Å². The molecular weight excluding hydrogens is 295 g/mol. The lowest BCUT2D eigenvalue weighted by molar-refractivity contribution is 0.411. The van der Waals surface area contributed by atoms with E-state index in [-0.39, 0.29) is 16.3 Å². The summed E-state index contributed by atoms with van der Waals surface area (Å²) in [5, 5.41) is 0. The van der Waals surface area contributed by atoms with Gasteiger partial charge in [0.05, 0.1) is 23.4 Å². The summed E-state index contributed by atoms with van der Waals surface area (Å²) in [4.78, 5) is 0.0868. The first-order chi connectivity index (χ1) is 9.83. The number of nitrogens with two attached hydrogens (primary N) is 1. The fourth-order valence-electron chi connectivity index (χ4n) is 1.84. The highest BCUT2D eigenvalue weighted by Gasteiger charge is 2.16. The number of nitrogen functional groups attached to an aromatic ring is 1. The maximum Gasteiger partial charge on any atom is 0.261 e. The molecular formula is C14H15FN2O3S. The molecule has 21 heavy (non-hydrogen) atoms. The van der Waals surface area contributed by atoms with E-state index in [1.165, 1.54) is 31.4 Å². The molecule has 2 aromatic carbocycles. The molecule has 0 atom stereocenters. The third kappa shape index (κ3) is 3.25. The minimum absolute atomic E-state index is 0.0868. The maximum atomic E-state index is 13.1.